The van der Waals surface area contributed by atoms with Crippen LogP contribution in [-0.4, -0.2) is 23.2 Å². The smallest absolute Gasteiger partial charge is 0.0446 e. The summed E-state index contributed by atoms with van der Waals surface area (Å²) in [4.78, 5) is 6.85. The highest BCUT2D eigenvalue weighted by molar-refractivity contribution is 5.97. The van der Waals surface area contributed by atoms with Crippen molar-refractivity contribution in [1.82, 2.24) is 4.90 Å². The number of aliphatic imine (C=N–C) groups is 1. The first-order valence-corrected chi connectivity index (χ1v) is 5.15. The Hall–Kier alpha value is -1.31. The van der Waals surface area contributed by atoms with E-state index in [1.54, 1.807) is 0 Å². The van der Waals surface area contributed by atoms with E-state index in [2.05, 4.69) is 54.2 Å². The van der Waals surface area contributed by atoms with Crippen molar-refractivity contribution in [2.24, 2.45) is 4.99 Å². The third-order valence-electron chi connectivity index (χ3n) is 2.32. The lowest BCUT2D eigenvalue weighted by Crippen LogP contribution is -2.26. The largest absolute Gasteiger partial charge is 0.348 e. The van der Waals surface area contributed by atoms with Crippen LogP contribution in [0.2, 0.25) is 0 Å². The lowest BCUT2D eigenvalue weighted by molar-refractivity contribution is 0.480. The lowest BCUT2D eigenvalue weighted by atomic mass is 10.1. The van der Waals surface area contributed by atoms with Gasteiger partial charge in [0, 0.05) is 36.6 Å². The SMILES string of the molecule is CC(C)N=C1C=C2C=CC=CN2CC1. The molecule has 2 aliphatic heterocycles. The summed E-state index contributed by atoms with van der Waals surface area (Å²) in [6, 6.07) is 0.400. The molecule has 0 fully saturated rings. The summed E-state index contributed by atoms with van der Waals surface area (Å²) < 4.78 is 0. The van der Waals surface area contributed by atoms with Crippen molar-refractivity contribution in [2.75, 3.05) is 6.54 Å². The van der Waals surface area contributed by atoms with E-state index in [0.717, 1.165) is 13.0 Å². The number of nitrogens with zero attached hydrogens (tertiary/aromatic N) is 2. The molecule has 0 N–H and O–H groups in total. The third-order valence-corrected chi connectivity index (χ3v) is 2.32. The van der Waals surface area contributed by atoms with Gasteiger partial charge in [0.25, 0.3) is 0 Å². The molecule has 0 aliphatic carbocycles. The second kappa shape index (κ2) is 3.82. The Kier molecular flexibility index (Phi) is 2.53. The molecule has 2 nitrogen and oxygen atoms in total. The molecule has 0 unspecified atom stereocenters. The predicted octanol–water partition coefficient (Wildman–Crippen LogP) is 2.51. The second-order valence-electron chi connectivity index (χ2n) is 3.93. The first-order chi connectivity index (χ1) is 6.75. The molecule has 0 spiro atoms. The van der Waals surface area contributed by atoms with Crippen molar-refractivity contribution in [3.05, 3.63) is 36.2 Å². The summed E-state index contributed by atoms with van der Waals surface area (Å²) >= 11 is 0. The average molecular weight is 188 g/mol. The number of rotatable bonds is 1. The number of fused-ring (bicyclic) bond motifs is 1. The summed E-state index contributed by atoms with van der Waals surface area (Å²) in [5, 5.41) is 0. The maximum atomic E-state index is 4.58. The zero-order chi connectivity index (χ0) is 9.97. The fourth-order valence-corrected chi connectivity index (χ4v) is 1.74. The van der Waals surface area contributed by atoms with Crippen LogP contribution >= 0.6 is 0 Å². The Bertz CT molecular complexity index is 332. The van der Waals surface area contributed by atoms with E-state index in [4.69, 9.17) is 0 Å². The summed E-state index contributed by atoms with van der Waals surface area (Å²) in [7, 11) is 0. The molecule has 0 bridgehead atoms. The van der Waals surface area contributed by atoms with Gasteiger partial charge in [0.2, 0.25) is 0 Å². The van der Waals surface area contributed by atoms with E-state index < -0.39 is 0 Å². The van der Waals surface area contributed by atoms with Crippen LogP contribution in [0.15, 0.2) is 41.2 Å². The van der Waals surface area contributed by atoms with Crippen molar-refractivity contribution in [2.45, 2.75) is 26.3 Å². The van der Waals surface area contributed by atoms with Crippen molar-refractivity contribution in [3.8, 4) is 0 Å². The Morgan fingerprint density at radius 3 is 3.00 bits per heavy atom. The first-order valence-electron chi connectivity index (χ1n) is 5.15. The highest BCUT2D eigenvalue weighted by Crippen LogP contribution is 2.18. The molecule has 0 amide bonds. The van der Waals surface area contributed by atoms with E-state index in [1.807, 2.05) is 0 Å². The standard InChI is InChI=1S/C12H16N2/c1-10(2)13-11-6-8-14-7-4-3-5-12(14)9-11/h3-5,7,9-10H,6,8H2,1-2H3. The van der Waals surface area contributed by atoms with Crippen LogP contribution in [0.1, 0.15) is 20.3 Å². The third kappa shape index (κ3) is 1.95. The van der Waals surface area contributed by atoms with Crippen LogP contribution < -0.4 is 0 Å². The fraction of sp³-hybridized carbons (Fsp3) is 0.417. The molecule has 0 atom stereocenters. The summed E-state index contributed by atoms with van der Waals surface area (Å²) in [6.45, 7) is 5.29. The van der Waals surface area contributed by atoms with E-state index in [-0.39, 0.29) is 0 Å². The molecule has 0 aromatic carbocycles. The summed E-state index contributed by atoms with van der Waals surface area (Å²) in [5.41, 5.74) is 2.49. The molecule has 14 heavy (non-hydrogen) atoms. The maximum Gasteiger partial charge on any atom is 0.0446 e. The van der Waals surface area contributed by atoms with Gasteiger partial charge in [-0.1, -0.05) is 6.08 Å². The molecule has 2 heteroatoms. The molecule has 0 aromatic heterocycles. The van der Waals surface area contributed by atoms with Gasteiger partial charge >= 0.3 is 0 Å². The van der Waals surface area contributed by atoms with Crippen LogP contribution in [-0.2, 0) is 0 Å². The first kappa shape index (κ1) is 9.25. The molecule has 2 heterocycles. The minimum atomic E-state index is 0.400. The minimum absolute atomic E-state index is 0.400. The van der Waals surface area contributed by atoms with Crippen molar-refractivity contribution in [3.63, 3.8) is 0 Å². The van der Waals surface area contributed by atoms with Gasteiger partial charge < -0.3 is 4.90 Å². The minimum Gasteiger partial charge on any atom is -0.348 e. The maximum absolute atomic E-state index is 4.58. The fourth-order valence-electron chi connectivity index (χ4n) is 1.74. The average Bonchev–Trinajstić information content (AvgIpc) is 2.17. The topological polar surface area (TPSA) is 15.6 Å². The second-order valence-corrected chi connectivity index (χ2v) is 3.93. The molecule has 2 rings (SSSR count). The van der Waals surface area contributed by atoms with Gasteiger partial charge in [-0.25, -0.2) is 0 Å². The Labute approximate surface area is 85.3 Å². The molecule has 0 aromatic rings. The normalized spacial score (nSPS) is 22.9. The molecule has 2 aliphatic rings. The zero-order valence-electron chi connectivity index (χ0n) is 8.77. The predicted molar refractivity (Wildman–Crippen MR) is 60.3 cm³/mol. The molecular formula is C12H16N2. The summed E-state index contributed by atoms with van der Waals surface area (Å²) in [6.07, 6.45) is 11.6. The van der Waals surface area contributed by atoms with E-state index in [0.29, 0.717) is 6.04 Å². The van der Waals surface area contributed by atoms with Gasteiger partial charge in [-0.05, 0) is 32.1 Å². The monoisotopic (exact) mass is 188 g/mol. The number of hydrogen-bond donors (Lipinski definition) is 0. The van der Waals surface area contributed by atoms with Crippen LogP contribution in [0.3, 0.4) is 0 Å². The van der Waals surface area contributed by atoms with Crippen LogP contribution in [0.25, 0.3) is 0 Å². The van der Waals surface area contributed by atoms with Crippen molar-refractivity contribution >= 4 is 5.71 Å². The van der Waals surface area contributed by atoms with E-state index >= 15 is 0 Å². The van der Waals surface area contributed by atoms with Gasteiger partial charge in [-0.15, -0.1) is 0 Å². The highest BCUT2D eigenvalue weighted by Gasteiger charge is 2.14. The summed E-state index contributed by atoms with van der Waals surface area (Å²) in [5.74, 6) is 0. The number of allylic oxidation sites excluding steroid dienone is 4. The van der Waals surface area contributed by atoms with E-state index in [1.165, 1.54) is 11.4 Å². The Morgan fingerprint density at radius 1 is 1.36 bits per heavy atom. The van der Waals surface area contributed by atoms with Gasteiger partial charge in [-0.2, -0.15) is 0 Å². The van der Waals surface area contributed by atoms with Crippen molar-refractivity contribution in [1.29, 1.82) is 0 Å². The molecule has 74 valence electrons. The highest BCUT2D eigenvalue weighted by atomic mass is 15.1. The van der Waals surface area contributed by atoms with Crippen molar-refractivity contribution < 1.29 is 0 Å². The van der Waals surface area contributed by atoms with Crippen LogP contribution in [0.4, 0.5) is 0 Å². The quantitative estimate of drug-likeness (QED) is 0.617. The molecular weight excluding hydrogens is 172 g/mol. The Balaban J connectivity index is 2.22. The van der Waals surface area contributed by atoms with Gasteiger partial charge in [-0.3, -0.25) is 4.99 Å². The number of hydrogen-bond acceptors (Lipinski definition) is 2. The molecule has 0 radical (unpaired) electrons. The van der Waals surface area contributed by atoms with Crippen LogP contribution in [0, 0.1) is 0 Å². The van der Waals surface area contributed by atoms with Gasteiger partial charge in [0.05, 0.1) is 0 Å². The van der Waals surface area contributed by atoms with Gasteiger partial charge in [0.15, 0.2) is 0 Å². The van der Waals surface area contributed by atoms with Crippen LogP contribution in [0.5, 0.6) is 0 Å². The zero-order valence-corrected chi connectivity index (χ0v) is 8.77. The Morgan fingerprint density at radius 2 is 2.21 bits per heavy atom. The molecule has 0 saturated carbocycles. The molecule has 0 saturated heterocycles. The lowest BCUT2D eigenvalue weighted by Gasteiger charge is -2.28. The van der Waals surface area contributed by atoms with E-state index in [9.17, 15) is 0 Å². The van der Waals surface area contributed by atoms with Gasteiger partial charge in [0.1, 0.15) is 0 Å².